The highest BCUT2D eigenvalue weighted by Gasteiger charge is 2.21. The number of hydrogen-bond donors (Lipinski definition) is 1. The van der Waals surface area contributed by atoms with Crippen LogP contribution in [0.25, 0.3) is 0 Å². The molecular formula is C42H48O10. The summed E-state index contributed by atoms with van der Waals surface area (Å²) in [7, 11) is 0. The molecule has 4 aromatic rings. The Morgan fingerprint density at radius 2 is 1.00 bits per heavy atom. The Bertz CT molecular complexity index is 1730. The van der Waals surface area contributed by atoms with E-state index in [1.807, 2.05) is 69.3 Å². The molecule has 0 bridgehead atoms. The summed E-state index contributed by atoms with van der Waals surface area (Å²) in [5, 5.41) is 9.11. The van der Waals surface area contributed by atoms with E-state index in [9.17, 15) is 19.2 Å². The van der Waals surface area contributed by atoms with Crippen LogP contribution in [0.3, 0.4) is 0 Å². The number of carboxylic acids is 1. The van der Waals surface area contributed by atoms with Crippen LogP contribution in [-0.2, 0) is 36.6 Å². The van der Waals surface area contributed by atoms with Crippen molar-refractivity contribution in [1.82, 2.24) is 0 Å². The van der Waals surface area contributed by atoms with Gasteiger partial charge in [0.05, 0.1) is 6.61 Å². The highest BCUT2D eigenvalue weighted by molar-refractivity contribution is 5.97. The molecule has 276 valence electrons. The van der Waals surface area contributed by atoms with Gasteiger partial charge >= 0.3 is 11.9 Å². The molecule has 1 N–H and O–H groups in total. The van der Waals surface area contributed by atoms with Gasteiger partial charge in [-0.2, -0.15) is 0 Å². The molecule has 0 aliphatic carbocycles. The highest BCUT2D eigenvalue weighted by Crippen LogP contribution is 2.17. The number of esters is 1. The SMILES string of the molecule is CCOC(=O)[C@@H](Cc1ccc(OCC(=O)c2cccc(C)c2)cc1)OCC.CCO[C@H](Cc1ccc(OCC(=O)c2cccc(C)c2)cc1)C(=O)O. The number of hydrogen-bond acceptors (Lipinski definition) is 9. The van der Waals surface area contributed by atoms with Crippen molar-refractivity contribution in [3.8, 4) is 11.5 Å². The van der Waals surface area contributed by atoms with E-state index in [-0.39, 0.29) is 37.2 Å². The molecule has 10 heteroatoms. The summed E-state index contributed by atoms with van der Waals surface area (Å²) in [4.78, 5) is 47.4. The molecule has 0 aliphatic heterocycles. The van der Waals surface area contributed by atoms with Gasteiger partial charge in [-0.15, -0.1) is 0 Å². The van der Waals surface area contributed by atoms with Gasteiger partial charge in [0.2, 0.25) is 0 Å². The average molecular weight is 713 g/mol. The maximum atomic E-state index is 12.2. The first-order valence-corrected chi connectivity index (χ1v) is 17.3. The Kier molecular flexibility index (Phi) is 17.2. The van der Waals surface area contributed by atoms with Gasteiger partial charge in [-0.1, -0.05) is 71.8 Å². The van der Waals surface area contributed by atoms with Crippen molar-refractivity contribution in [1.29, 1.82) is 0 Å². The second kappa shape index (κ2) is 21.8. The molecule has 0 saturated heterocycles. The molecule has 4 rings (SSSR count). The van der Waals surface area contributed by atoms with E-state index in [4.69, 9.17) is 28.8 Å². The lowest BCUT2D eigenvalue weighted by atomic mass is 10.1. The molecule has 0 saturated carbocycles. The number of carboxylic acid groups (broad SMARTS) is 1. The van der Waals surface area contributed by atoms with Gasteiger partial charge in [-0.05, 0) is 82.1 Å². The van der Waals surface area contributed by atoms with Crippen LogP contribution in [0.1, 0.15) is 63.7 Å². The fourth-order valence-electron chi connectivity index (χ4n) is 5.04. The van der Waals surface area contributed by atoms with E-state index >= 15 is 0 Å². The van der Waals surface area contributed by atoms with Gasteiger partial charge < -0.3 is 28.8 Å². The number of Topliss-reactive ketones (excluding diaryl/α,β-unsaturated/α-hetero) is 2. The summed E-state index contributed by atoms with van der Waals surface area (Å²) < 4.78 is 26.8. The topological polar surface area (TPSA) is 135 Å². The predicted octanol–water partition coefficient (Wildman–Crippen LogP) is 7.06. The number of ketones is 2. The van der Waals surface area contributed by atoms with Crippen LogP contribution in [-0.4, -0.2) is 73.9 Å². The fourth-order valence-corrected chi connectivity index (χ4v) is 5.04. The van der Waals surface area contributed by atoms with Crippen molar-refractivity contribution in [3.05, 3.63) is 130 Å². The summed E-state index contributed by atoms with van der Waals surface area (Å²) >= 11 is 0. The molecule has 52 heavy (non-hydrogen) atoms. The van der Waals surface area contributed by atoms with Crippen molar-refractivity contribution < 1.29 is 48.0 Å². The summed E-state index contributed by atoms with van der Waals surface area (Å²) in [5.74, 6) is -0.331. The predicted molar refractivity (Wildman–Crippen MR) is 197 cm³/mol. The van der Waals surface area contributed by atoms with E-state index in [0.717, 1.165) is 22.3 Å². The number of benzene rings is 4. The van der Waals surface area contributed by atoms with E-state index < -0.39 is 18.2 Å². The molecule has 0 radical (unpaired) electrons. The maximum absolute atomic E-state index is 12.2. The third-order valence-corrected chi connectivity index (χ3v) is 7.67. The molecule has 0 heterocycles. The minimum Gasteiger partial charge on any atom is -0.485 e. The zero-order chi connectivity index (χ0) is 37.9. The van der Waals surface area contributed by atoms with Crippen LogP contribution in [0.15, 0.2) is 97.1 Å². The minimum atomic E-state index is -0.981. The van der Waals surface area contributed by atoms with Gasteiger partial charge in [-0.3, -0.25) is 9.59 Å². The number of carbonyl (C=O) groups is 4. The minimum absolute atomic E-state index is 0.0206. The lowest BCUT2D eigenvalue weighted by Gasteiger charge is -2.15. The lowest BCUT2D eigenvalue weighted by Crippen LogP contribution is -2.28. The molecule has 4 aromatic carbocycles. The third kappa shape index (κ3) is 14.1. The lowest BCUT2D eigenvalue weighted by molar-refractivity contribution is -0.156. The van der Waals surface area contributed by atoms with Crippen LogP contribution in [0.5, 0.6) is 11.5 Å². The summed E-state index contributed by atoms with van der Waals surface area (Å²) in [5.41, 5.74) is 5.09. The number of rotatable bonds is 19. The standard InChI is InChI=1S/C22H26O5.C20H22O5/c1-4-25-21(22(24)26-5-2)14-17-9-11-19(12-10-17)27-15-20(23)18-8-6-7-16(3)13-18;1-3-24-19(20(22)23)12-15-7-9-17(10-8-15)25-13-18(21)16-6-4-5-14(2)11-16/h6-13,21H,4-5,14-15H2,1-3H3;4-11,19H,3,12-13H2,1-2H3,(H,22,23)/t21-;19-/m11/s1. The van der Waals surface area contributed by atoms with Crippen molar-refractivity contribution in [2.45, 2.75) is 59.7 Å². The van der Waals surface area contributed by atoms with Crippen LogP contribution in [0.2, 0.25) is 0 Å². The smallest absolute Gasteiger partial charge is 0.335 e. The first-order valence-electron chi connectivity index (χ1n) is 17.3. The fraction of sp³-hybridized carbons (Fsp3) is 0.333. The molecule has 10 nitrogen and oxygen atoms in total. The zero-order valence-corrected chi connectivity index (χ0v) is 30.5. The highest BCUT2D eigenvalue weighted by atomic mass is 16.6. The van der Waals surface area contributed by atoms with Crippen LogP contribution < -0.4 is 9.47 Å². The van der Waals surface area contributed by atoms with Gasteiger partial charge in [-0.25, -0.2) is 9.59 Å². The molecule has 0 spiro atoms. The second-order valence-corrected chi connectivity index (χ2v) is 11.8. The van der Waals surface area contributed by atoms with Gasteiger partial charge in [0.15, 0.2) is 37.0 Å². The Morgan fingerprint density at radius 3 is 1.38 bits per heavy atom. The molecule has 0 aliphatic rings. The van der Waals surface area contributed by atoms with E-state index in [2.05, 4.69) is 0 Å². The van der Waals surface area contributed by atoms with Crippen molar-refractivity contribution in [2.75, 3.05) is 33.0 Å². The summed E-state index contributed by atoms with van der Waals surface area (Å²) in [6, 6.07) is 29.1. The quantitative estimate of drug-likeness (QED) is 0.0796. The molecular weight excluding hydrogens is 664 g/mol. The van der Waals surface area contributed by atoms with Crippen LogP contribution >= 0.6 is 0 Å². The van der Waals surface area contributed by atoms with E-state index in [1.54, 1.807) is 62.4 Å². The van der Waals surface area contributed by atoms with E-state index in [1.165, 1.54) is 0 Å². The van der Waals surface area contributed by atoms with Crippen LogP contribution in [0, 0.1) is 13.8 Å². The number of carbonyl (C=O) groups excluding carboxylic acids is 3. The monoisotopic (exact) mass is 712 g/mol. The molecule has 0 amide bonds. The first-order chi connectivity index (χ1) is 25.0. The molecule has 0 aromatic heterocycles. The normalized spacial score (nSPS) is 11.7. The largest absolute Gasteiger partial charge is 0.485 e. The zero-order valence-electron chi connectivity index (χ0n) is 30.5. The van der Waals surface area contributed by atoms with Gasteiger partial charge in [0.1, 0.15) is 11.5 Å². The molecule has 2 atom stereocenters. The maximum Gasteiger partial charge on any atom is 0.335 e. The van der Waals surface area contributed by atoms with Crippen molar-refractivity contribution in [2.24, 2.45) is 0 Å². The number of aryl methyl sites for hydroxylation is 2. The summed E-state index contributed by atoms with van der Waals surface area (Å²) in [6.45, 7) is 10.3. The van der Waals surface area contributed by atoms with E-state index in [0.29, 0.717) is 48.9 Å². The first kappa shape index (κ1) is 41.1. The van der Waals surface area contributed by atoms with Gasteiger partial charge in [0.25, 0.3) is 0 Å². The average Bonchev–Trinajstić information content (AvgIpc) is 3.14. The van der Waals surface area contributed by atoms with Crippen molar-refractivity contribution in [3.63, 3.8) is 0 Å². The Morgan fingerprint density at radius 1 is 0.577 bits per heavy atom. The molecule has 0 fully saturated rings. The Hall–Kier alpha value is -5.32. The Balaban J connectivity index is 0.000000281. The Labute approximate surface area is 305 Å². The molecule has 0 unspecified atom stereocenters. The van der Waals surface area contributed by atoms with Crippen LogP contribution in [0.4, 0.5) is 0 Å². The number of ether oxygens (including phenoxy) is 5. The summed E-state index contributed by atoms with van der Waals surface area (Å²) in [6.07, 6.45) is -0.773. The van der Waals surface area contributed by atoms with Gasteiger partial charge in [0, 0.05) is 37.2 Å². The van der Waals surface area contributed by atoms with Crippen molar-refractivity contribution >= 4 is 23.5 Å². The second-order valence-electron chi connectivity index (χ2n) is 11.8. The number of aliphatic carboxylic acids is 1. The third-order valence-electron chi connectivity index (χ3n) is 7.67.